The molecule has 2 nitrogen and oxygen atoms in total. The van der Waals surface area contributed by atoms with E-state index in [9.17, 15) is 0 Å². The molecule has 0 aliphatic carbocycles. The second-order valence-corrected chi connectivity index (χ2v) is 4.82. The molecule has 0 radical (unpaired) electrons. The Bertz CT molecular complexity index is 325. The fourth-order valence-corrected chi connectivity index (χ4v) is 2.03. The second-order valence-electron chi connectivity index (χ2n) is 4.82. The van der Waals surface area contributed by atoms with E-state index in [2.05, 4.69) is 19.9 Å². The van der Waals surface area contributed by atoms with Gasteiger partial charge < -0.3 is 10.5 Å². The first kappa shape index (κ1) is 15.0. The van der Waals surface area contributed by atoms with Crippen LogP contribution in [0.3, 0.4) is 0 Å². The molecule has 102 valence electrons. The fourth-order valence-electron chi connectivity index (χ4n) is 2.03. The molecule has 0 fully saturated rings. The Morgan fingerprint density at radius 2 is 1.78 bits per heavy atom. The van der Waals surface area contributed by atoms with Crippen molar-refractivity contribution in [2.75, 3.05) is 6.61 Å². The van der Waals surface area contributed by atoms with Crippen LogP contribution in [0.15, 0.2) is 24.3 Å². The summed E-state index contributed by atoms with van der Waals surface area (Å²) in [6.07, 6.45) is 7.27. The Balaban J connectivity index is 2.37. The summed E-state index contributed by atoms with van der Waals surface area (Å²) in [7, 11) is 0. The number of ether oxygens (including phenoxy) is 1. The molecule has 0 saturated heterocycles. The molecule has 1 aromatic carbocycles. The van der Waals surface area contributed by atoms with Gasteiger partial charge >= 0.3 is 0 Å². The van der Waals surface area contributed by atoms with Gasteiger partial charge in [0.15, 0.2) is 0 Å². The predicted molar refractivity (Wildman–Crippen MR) is 77.9 cm³/mol. The first-order chi connectivity index (χ1) is 8.79. The molecule has 0 saturated carbocycles. The van der Waals surface area contributed by atoms with E-state index in [1.165, 1.54) is 25.7 Å². The van der Waals surface area contributed by atoms with E-state index in [-0.39, 0.29) is 6.04 Å². The van der Waals surface area contributed by atoms with E-state index in [1.807, 2.05) is 18.2 Å². The zero-order valence-electron chi connectivity index (χ0n) is 11.8. The predicted octanol–water partition coefficient (Wildman–Crippen LogP) is 4.45. The molecular formula is C16H27NO. The van der Waals surface area contributed by atoms with Gasteiger partial charge in [-0.3, -0.25) is 0 Å². The lowest BCUT2D eigenvalue weighted by Gasteiger charge is -2.15. The maximum atomic E-state index is 6.09. The van der Waals surface area contributed by atoms with Crippen molar-refractivity contribution in [3.8, 4) is 5.75 Å². The summed E-state index contributed by atoms with van der Waals surface area (Å²) in [5.74, 6) is 0.961. The lowest BCUT2D eigenvalue weighted by atomic mass is 10.0. The van der Waals surface area contributed by atoms with Gasteiger partial charge in [0.1, 0.15) is 5.75 Å². The first-order valence-corrected chi connectivity index (χ1v) is 7.26. The van der Waals surface area contributed by atoms with Crippen molar-refractivity contribution in [3.63, 3.8) is 0 Å². The summed E-state index contributed by atoms with van der Waals surface area (Å²) >= 11 is 0. The highest BCUT2D eigenvalue weighted by molar-refractivity contribution is 5.35. The van der Waals surface area contributed by atoms with Crippen LogP contribution in [-0.4, -0.2) is 6.61 Å². The number of nitrogens with two attached hydrogens (primary N) is 1. The van der Waals surface area contributed by atoms with Gasteiger partial charge in [-0.25, -0.2) is 0 Å². The van der Waals surface area contributed by atoms with Crippen LogP contribution in [0.5, 0.6) is 5.75 Å². The SMILES string of the molecule is CCCCCCCOc1ccccc1[C@H](N)CC. The molecular weight excluding hydrogens is 222 g/mol. The number of para-hydroxylation sites is 1. The third kappa shape index (κ3) is 5.09. The lowest BCUT2D eigenvalue weighted by Crippen LogP contribution is -2.11. The molecule has 2 heteroatoms. The summed E-state index contributed by atoms with van der Waals surface area (Å²) in [6, 6.07) is 8.22. The maximum absolute atomic E-state index is 6.09. The smallest absolute Gasteiger partial charge is 0.124 e. The van der Waals surface area contributed by atoms with Crippen LogP contribution in [0.4, 0.5) is 0 Å². The minimum absolute atomic E-state index is 0.0845. The van der Waals surface area contributed by atoms with Crippen molar-refractivity contribution < 1.29 is 4.74 Å². The maximum Gasteiger partial charge on any atom is 0.124 e. The molecule has 0 heterocycles. The summed E-state index contributed by atoms with van der Waals surface area (Å²) in [5, 5.41) is 0. The molecule has 0 aliphatic rings. The number of benzene rings is 1. The molecule has 18 heavy (non-hydrogen) atoms. The molecule has 0 bridgehead atoms. The van der Waals surface area contributed by atoms with Crippen LogP contribution in [0.25, 0.3) is 0 Å². The Hall–Kier alpha value is -1.02. The minimum atomic E-state index is 0.0845. The second kappa shape index (κ2) is 8.98. The summed E-state index contributed by atoms with van der Waals surface area (Å²) in [6.45, 7) is 5.14. The van der Waals surface area contributed by atoms with Gasteiger partial charge in [0.05, 0.1) is 6.61 Å². The topological polar surface area (TPSA) is 35.2 Å². The minimum Gasteiger partial charge on any atom is -0.493 e. The quantitative estimate of drug-likeness (QED) is 0.656. The zero-order valence-corrected chi connectivity index (χ0v) is 11.8. The summed E-state index contributed by atoms with van der Waals surface area (Å²) in [5.41, 5.74) is 7.22. The van der Waals surface area contributed by atoms with E-state index >= 15 is 0 Å². The monoisotopic (exact) mass is 249 g/mol. The molecule has 0 aliphatic heterocycles. The highest BCUT2D eigenvalue weighted by Crippen LogP contribution is 2.25. The van der Waals surface area contributed by atoms with Crippen molar-refractivity contribution >= 4 is 0 Å². The highest BCUT2D eigenvalue weighted by Gasteiger charge is 2.09. The van der Waals surface area contributed by atoms with Crippen LogP contribution >= 0.6 is 0 Å². The number of hydrogen-bond acceptors (Lipinski definition) is 2. The lowest BCUT2D eigenvalue weighted by molar-refractivity contribution is 0.299. The van der Waals surface area contributed by atoms with Crippen molar-refractivity contribution in [2.45, 2.75) is 58.4 Å². The van der Waals surface area contributed by atoms with Gasteiger partial charge in [-0.2, -0.15) is 0 Å². The van der Waals surface area contributed by atoms with E-state index in [1.54, 1.807) is 0 Å². The molecule has 1 atom stereocenters. The van der Waals surface area contributed by atoms with Gasteiger partial charge in [0, 0.05) is 11.6 Å². The molecule has 0 unspecified atom stereocenters. The van der Waals surface area contributed by atoms with Crippen LogP contribution < -0.4 is 10.5 Å². The van der Waals surface area contributed by atoms with Gasteiger partial charge in [0.2, 0.25) is 0 Å². The average molecular weight is 249 g/mol. The molecule has 0 amide bonds. The molecule has 1 aromatic rings. The normalized spacial score (nSPS) is 12.4. The standard InChI is InChI=1S/C16H27NO/c1-3-5-6-7-10-13-18-16-12-9-8-11-14(16)15(17)4-2/h8-9,11-12,15H,3-7,10,13,17H2,1-2H3/t15-/m1/s1. The Morgan fingerprint density at radius 1 is 1.06 bits per heavy atom. The van der Waals surface area contributed by atoms with Crippen LogP contribution in [0.1, 0.15) is 64.0 Å². The summed E-state index contributed by atoms with van der Waals surface area (Å²) in [4.78, 5) is 0. The van der Waals surface area contributed by atoms with Crippen LogP contribution in [0, 0.1) is 0 Å². The molecule has 1 rings (SSSR count). The third-order valence-corrected chi connectivity index (χ3v) is 3.26. The van der Waals surface area contributed by atoms with Gasteiger partial charge in [-0.1, -0.05) is 57.7 Å². The van der Waals surface area contributed by atoms with E-state index in [4.69, 9.17) is 10.5 Å². The number of unbranched alkanes of at least 4 members (excludes halogenated alkanes) is 4. The van der Waals surface area contributed by atoms with Crippen molar-refractivity contribution in [3.05, 3.63) is 29.8 Å². The van der Waals surface area contributed by atoms with E-state index < -0.39 is 0 Å². The molecule has 0 spiro atoms. The number of hydrogen-bond donors (Lipinski definition) is 1. The zero-order chi connectivity index (χ0) is 13.2. The van der Waals surface area contributed by atoms with Crippen LogP contribution in [-0.2, 0) is 0 Å². The molecule has 0 aromatic heterocycles. The van der Waals surface area contributed by atoms with Gasteiger partial charge in [0.25, 0.3) is 0 Å². The van der Waals surface area contributed by atoms with Crippen LogP contribution in [0.2, 0.25) is 0 Å². The number of rotatable bonds is 9. The third-order valence-electron chi connectivity index (χ3n) is 3.26. The first-order valence-electron chi connectivity index (χ1n) is 7.26. The molecule has 2 N–H and O–H groups in total. The fraction of sp³-hybridized carbons (Fsp3) is 0.625. The van der Waals surface area contributed by atoms with Gasteiger partial charge in [-0.05, 0) is 18.9 Å². The Morgan fingerprint density at radius 3 is 2.50 bits per heavy atom. The van der Waals surface area contributed by atoms with Crippen molar-refractivity contribution in [1.82, 2.24) is 0 Å². The van der Waals surface area contributed by atoms with E-state index in [0.717, 1.165) is 30.8 Å². The van der Waals surface area contributed by atoms with Gasteiger partial charge in [-0.15, -0.1) is 0 Å². The van der Waals surface area contributed by atoms with Crippen molar-refractivity contribution in [2.24, 2.45) is 5.73 Å². The van der Waals surface area contributed by atoms with Crippen molar-refractivity contribution in [1.29, 1.82) is 0 Å². The Labute approximate surface area is 112 Å². The largest absolute Gasteiger partial charge is 0.493 e. The average Bonchev–Trinajstić information content (AvgIpc) is 2.42. The highest BCUT2D eigenvalue weighted by atomic mass is 16.5. The Kier molecular flexibility index (Phi) is 7.51. The summed E-state index contributed by atoms with van der Waals surface area (Å²) < 4.78 is 5.86. The van der Waals surface area contributed by atoms with E-state index in [0.29, 0.717) is 0 Å².